The summed E-state index contributed by atoms with van der Waals surface area (Å²) in [5.74, 6) is -0.0882. The van der Waals surface area contributed by atoms with E-state index in [4.69, 9.17) is 0 Å². The Balaban J connectivity index is 2.70. The molecule has 1 amide bonds. The minimum atomic E-state index is -0.961. The zero-order valence-corrected chi connectivity index (χ0v) is 9.41. The number of hydrogen-bond acceptors (Lipinski definition) is 3. The van der Waals surface area contributed by atoms with Crippen LogP contribution in [0.25, 0.3) is 0 Å². The Bertz CT molecular complexity index is 200. The van der Waals surface area contributed by atoms with Crippen LogP contribution in [0, 0.1) is 5.41 Å². The van der Waals surface area contributed by atoms with Crippen molar-refractivity contribution >= 4 is 5.91 Å². The number of nitrogens with zero attached hydrogens (tertiary/aromatic N) is 1. The fourth-order valence-electron chi connectivity index (χ4n) is 1.99. The molecule has 1 fully saturated rings. The van der Waals surface area contributed by atoms with Crippen molar-refractivity contribution < 1.29 is 15.0 Å². The SMILES string of the molecule is CCC(CO)(CO)C(=O)N1CCCCC1. The Morgan fingerprint density at radius 2 is 1.73 bits per heavy atom. The highest BCUT2D eigenvalue weighted by atomic mass is 16.3. The minimum absolute atomic E-state index is 0.0882. The van der Waals surface area contributed by atoms with Gasteiger partial charge in [0.05, 0.1) is 18.6 Å². The van der Waals surface area contributed by atoms with Crippen molar-refractivity contribution in [3.8, 4) is 0 Å². The predicted molar refractivity (Wildman–Crippen MR) is 57.3 cm³/mol. The maximum Gasteiger partial charge on any atom is 0.233 e. The fourth-order valence-corrected chi connectivity index (χ4v) is 1.99. The van der Waals surface area contributed by atoms with Crippen LogP contribution in [-0.2, 0) is 4.79 Å². The summed E-state index contributed by atoms with van der Waals surface area (Å²) in [5.41, 5.74) is -0.961. The van der Waals surface area contributed by atoms with Gasteiger partial charge in [0.2, 0.25) is 5.91 Å². The van der Waals surface area contributed by atoms with Crippen molar-refractivity contribution in [1.82, 2.24) is 4.90 Å². The maximum absolute atomic E-state index is 12.1. The molecule has 0 atom stereocenters. The Labute approximate surface area is 90.9 Å². The molecule has 1 aliphatic rings. The topological polar surface area (TPSA) is 60.8 Å². The van der Waals surface area contributed by atoms with Gasteiger partial charge < -0.3 is 15.1 Å². The Kier molecular flexibility index (Phi) is 4.54. The lowest BCUT2D eigenvalue weighted by molar-refractivity contribution is -0.149. The second-order valence-corrected chi connectivity index (χ2v) is 4.30. The first-order valence-corrected chi connectivity index (χ1v) is 5.71. The lowest BCUT2D eigenvalue weighted by Crippen LogP contribution is -2.49. The molecule has 0 aromatic carbocycles. The quantitative estimate of drug-likeness (QED) is 0.712. The number of amides is 1. The van der Waals surface area contributed by atoms with Crippen molar-refractivity contribution in [3.63, 3.8) is 0 Å². The highest BCUT2D eigenvalue weighted by Crippen LogP contribution is 2.25. The summed E-state index contributed by atoms with van der Waals surface area (Å²) in [6.45, 7) is 2.82. The molecule has 0 saturated carbocycles. The number of carbonyl (C=O) groups excluding carboxylic acids is 1. The van der Waals surface area contributed by atoms with Crippen LogP contribution in [0.1, 0.15) is 32.6 Å². The Hall–Kier alpha value is -0.610. The van der Waals surface area contributed by atoms with E-state index < -0.39 is 5.41 Å². The average Bonchev–Trinajstić information content (AvgIpc) is 2.33. The molecule has 1 heterocycles. The monoisotopic (exact) mass is 215 g/mol. The van der Waals surface area contributed by atoms with Crippen LogP contribution in [0.5, 0.6) is 0 Å². The molecule has 0 unspecified atom stereocenters. The molecule has 0 aromatic rings. The van der Waals surface area contributed by atoms with Gasteiger partial charge in [-0.2, -0.15) is 0 Å². The number of aliphatic hydroxyl groups excluding tert-OH is 2. The zero-order chi connectivity index (χ0) is 11.3. The van der Waals surface area contributed by atoms with E-state index in [1.165, 1.54) is 6.42 Å². The number of carbonyl (C=O) groups is 1. The summed E-state index contributed by atoms with van der Waals surface area (Å²) >= 11 is 0. The first-order valence-electron chi connectivity index (χ1n) is 5.71. The first kappa shape index (κ1) is 12.5. The minimum Gasteiger partial charge on any atom is -0.395 e. The van der Waals surface area contributed by atoms with E-state index in [1.807, 2.05) is 6.92 Å². The molecular weight excluding hydrogens is 194 g/mol. The van der Waals surface area contributed by atoms with Crippen molar-refractivity contribution in [3.05, 3.63) is 0 Å². The van der Waals surface area contributed by atoms with E-state index in [1.54, 1.807) is 4.90 Å². The van der Waals surface area contributed by atoms with Gasteiger partial charge in [-0.25, -0.2) is 0 Å². The second kappa shape index (κ2) is 5.47. The Morgan fingerprint density at radius 3 is 2.13 bits per heavy atom. The van der Waals surface area contributed by atoms with Crippen LogP contribution in [0.15, 0.2) is 0 Å². The van der Waals surface area contributed by atoms with Crippen LogP contribution in [0.3, 0.4) is 0 Å². The molecule has 0 aromatic heterocycles. The fraction of sp³-hybridized carbons (Fsp3) is 0.909. The van der Waals surface area contributed by atoms with Crippen LogP contribution < -0.4 is 0 Å². The maximum atomic E-state index is 12.1. The molecule has 88 valence electrons. The summed E-state index contributed by atoms with van der Waals surface area (Å²) in [6, 6.07) is 0. The lowest BCUT2D eigenvalue weighted by Gasteiger charge is -2.36. The summed E-state index contributed by atoms with van der Waals surface area (Å²) in [4.78, 5) is 13.9. The largest absolute Gasteiger partial charge is 0.395 e. The van der Waals surface area contributed by atoms with Crippen molar-refractivity contribution in [2.45, 2.75) is 32.6 Å². The molecule has 0 bridgehead atoms. The summed E-state index contributed by atoms with van der Waals surface area (Å²) in [5, 5.41) is 18.5. The summed E-state index contributed by atoms with van der Waals surface area (Å²) in [7, 11) is 0. The van der Waals surface area contributed by atoms with Gasteiger partial charge in [-0.3, -0.25) is 4.79 Å². The molecule has 0 spiro atoms. The van der Waals surface area contributed by atoms with Gasteiger partial charge in [-0.1, -0.05) is 6.92 Å². The number of likely N-dealkylation sites (tertiary alicyclic amines) is 1. The third-order valence-electron chi connectivity index (χ3n) is 3.38. The molecule has 0 aliphatic carbocycles. The molecule has 4 heteroatoms. The van der Waals surface area contributed by atoms with Crippen LogP contribution in [-0.4, -0.2) is 47.3 Å². The number of rotatable bonds is 4. The Morgan fingerprint density at radius 1 is 1.20 bits per heavy atom. The molecule has 15 heavy (non-hydrogen) atoms. The standard InChI is InChI=1S/C11H21NO3/c1-2-11(8-13,9-14)10(15)12-6-4-3-5-7-12/h13-14H,2-9H2,1H3. The predicted octanol–water partition coefficient (Wildman–Crippen LogP) is 0.380. The number of hydrogen-bond donors (Lipinski definition) is 2. The van der Waals surface area contributed by atoms with E-state index >= 15 is 0 Å². The number of piperidine rings is 1. The van der Waals surface area contributed by atoms with Gasteiger partial charge in [0, 0.05) is 13.1 Å². The molecule has 0 radical (unpaired) electrons. The summed E-state index contributed by atoms with van der Waals surface area (Å²) in [6.07, 6.45) is 3.71. The van der Waals surface area contributed by atoms with Gasteiger partial charge in [0.1, 0.15) is 0 Å². The molecule has 1 aliphatic heterocycles. The van der Waals surface area contributed by atoms with Crippen molar-refractivity contribution in [1.29, 1.82) is 0 Å². The van der Waals surface area contributed by atoms with E-state index in [2.05, 4.69) is 0 Å². The van der Waals surface area contributed by atoms with Gasteiger partial charge in [-0.15, -0.1) is 0 Å². The average molecular weight is 215 g/mol. The first-order chi connectivity index (χ1) is 7.20. The van der Waals surface area contributed by atoms with Crippen molar-refractivity contribution in [2.75, 3.05) is 26.3 Å². The molecular formula is C11H21NO3. The van der Waals surface area contributed by atoms with Crippen molar-refractivity contribution in [2.24, 2.45) is 5.41 Å². The summed E-state index contributed by atoms with van der Waals surface area (Å²) < 4.78 is 0. The third kappa shape index (κ3) is 2.49. The van der Waals surface area contributed by atoms with E-state index in [-0.39, 0.29) is 19.1 Å². The van der Waals surface area contributed by atoms with Crippen LogP contribution in [0.4, 0.5) is 0 Å². The third-order valence-corrected chi connectivity index (χ3v) is 3.38. The van der Waals surface area contributed by atoms with Gasteiger partial charge in [0.25, 0.3) is 0 Å². The highest BCUT2D eigenvalue weighted by molar-refractivity contribution is 5.83. The number of aliphatic hydroxyl groups is 2. The van der Waals surface area contributed by atoms with Gasteiger partial charge in [-0.05, 0) is 25.7 Å². The molecule has 4 nitrogen and oxygen atoms in total. The lowest BCUT2D eigenvalue weighted by atomic mass is 9.85. The van der Waals surface area contributed by atoms with E-state index in [0.717, 1.165) is 25.9 Å². The molecule has 1 saturated heterocycles. The molecule has 2 N–H and O–H groups in total. The second-order valence-electron chi connectivity index (χ2n) is 4.30. The van der Waals surface area contributed by atoms with Crippen LogP contribution in [0.2, 0.25) is 0 Å². The normalized spacial score (nSPS) is 17.9. The van der Waals surface area contributed by atoms with E-state index in [0.29, 0.717) is 6.42 Å². The van der Waals surface area contributed by atoms with E-state index in [9.17, 15) is 15.0 Å². The smallest absolute Gasteiger partial charge is 0.233 e. The highest BCUT2D eigenvalue weighted by Gasteiger charge is 2.38. The van der Waals surface area contributed by atoms with Gasteiger partial charge >= 0.3 is 0 Å². The van der Waals surface area contributed by atoms with Gasteiger partial charge in [0.15, 0.2) is 0 Å². The zero-order valence-electron chi connectivity index (χ0n) is 9.41. The van der Waals surface area contributed by atoms with Crippen LogP contribution >= 0.6 is 0 Å². The molecule has 1 rings (SSSR count).